The van der Waals surface area contributed by atoms with E-state index in [0.717, 1.165) is 5.57 Å². The van der Waals surface area contributed by atoms with Gasteiger partial charge in [-0.15, -0.1) is 0 Å². The number of cyclic esters (lactones) is 1. The second-order valence-electron chi connectivity index (χ2n) is 10.2. The molecule has 0 saturated heterocycles. The van der Waals surface area contributed by atoms with Gasteiger partial charge in [-0.25, -0.2) is 4.79 Å². The van der Waals surface area contributed by atoms with Crippen molar-refractivity contribution in [2.45, 2.75) is 79.1 Å². The van der Waals surface area contributed by atoms with Crippen molar-refractivity contribution in [3.63, 3.8) is 0 Å². The van der Waals surface area contributed by atoms with Crippen molar-refractivity contribution in [2.75, 3.05) is 0 Å². The minimum Gasteiger partial charge on any atom is -0.458 e. The minimum absolute atomic E-state index is 0.0564. The highest BCUT2D eigenvalue weighted by molar-refractivity contribution is 6.29. The van der Waals surface area contributed by atoms with Crippen molar-refractivity contribution < 1.29 is 24.2 Å². The molecule has 1 rings (SSSR count). The van der Waals surface area contributed by atoms with Gasteiger partial charge in [0.15, 0.2) is 0 Å². The molecule has 4 atom stereocenters. The molecular formula is C29H41ClN2O5. The highest BCUT2D eigenvalue weighted by atomic mass is 35.5. The van der Waals surface area contributed by atoms with Gasteiger partial charge in [0, 0.05) is 29.5 Å². The largest absolute Gasteiger partial charge is 0.458 e. The molecular weight excluding hydrogens is 492 g/mol. The molecule has 0 aromatic heterocycles. The molecule has 2 amide bonds. The zero-order valence-corrected chi connectivity index (χ0v) is 23.4. The van der Waals surface area contributed by atoms with Crippen LogP contribution in [0.25, 0.3) is 0 Å². The zero-order valence-electron chi connectivity index (χ0n) is 22.7. The number of carbonyl (C=O) groups is 3. The number of halogens is 1. The Bertz CT molecular complexity index is 965. The van der Waals surface area contributed by atoms with Crippen molar-refractivity contribution in [1.82, 2.24) is 10.6 Å². The molecule has 1 heterocycles. The Morgan fingerprint density at radius 1 is 1.22 bits per heavy atom. The van der Waals surface area contributed by atoms with E-state index in [1.165, 1.54) is 18.4 Å². The third-order valence-electron chi connectivity index (χ3n) is 5.56. The quantitative estimate of drug-likeness (QED) is 0.186. The molecule has 0 aromatic carbocycles. The van der Waals surface area contributed by atoms with Gasteiger partial charge in [0.05, 0.1) is 6.10 Å². The van der Waals surface area contributed by atoms with Gasteiger partial charge in [-0.1, -0.05) is 87.4 Å². The lowest BCUT2D eigenvalue weighted by Crippen LogP contribution is -2.52. The van der Waals surface area contributed by atoms with E-state index in [9.17, 15) is 19.5 Å². The van der Waals surface area contributed by atoms with Gasteiger partial charge in [0.2, 0.25) is 11.8 Å². The van der Waals surface area contributed by atoms with Crippen LogP contribution in [0.15, 0.2) is 71.5 Å². The number of amides is 2. The fraction of sp³-hybridized carbons (Fsp3) is 0.483. The lowest BCUT2D eigenvalue weighted by molar-refractivity contribution is -0.145. The topological polar surface area (TPSA) is 105 Å². The van der Waals surface area contributed by atoms with Crippen molar-refractivity contribution >= 4 is 29.4 Å². The highest BCUT2D eigenvalue weighted by Crippen LogP contribution is 2.20. The van der Waals surface area contributed by atoms with E-state index < -0.39 is 23.5 Å². The molecule has 0 aliphatic carbocycles. The summed E-state index contributed by atoms with van der Waals surface area (Å²) in [6.07, 6.45) is 17.4. The van der Waals surface area contributed by atoms with Gasteiger partial charge < -0.3 is 20.5 Å². The van der Waals surface area contributed by atoms with Gasteiger partial charge in [-0.05, 0) is 38.3 Å². The summed E-state index contributed by atoms with van der Waals surface area (Å²) in [5, 5.41) is 16.0. The Hall–Kier alpha value is -2.90. The monoisotopic (exact) mass is 532 g/mol. The first kappa shape index (κ1) is 32.1. The summed E-state index contributed by atoms with van der Waals surface area (Å²) in [6.45, 7) is 11.3. The second kappa shape index (κ2) is 16.0. The third kappa shape index (κ3) is 13.8. The van der Waals surface area contributed by atoms with Crippen LogP contribution in [0.5, 0.6) is 0 Å². The molecule has 0 bridgehead atoms. The summed E-state index contributed by atoms with van der Waals surface area (Å²) >= 11 is 5.76. The lowest BCUT2D eigenvalue weighted by atomic mass is 9.86. The summed E-state index contributed by atoms with van der Waals surface area (Å²) in [7, 11) is 0. The Balaban J connectivity index is 2.62. The molecule has 37 heavy (non-hydrogen) atoms. The molecule has 3 N–H and O–H groups in total. The average molecular weight is 533 g/mol. The smallest absolute Gasteiger partial charge is 0.330 e. The molecule has 0 saturated carbocycles. The number of ether oxygens (including phenoxy) is 1. The van der Waals surface area contributed by atoms with Gasteiger partial charge in [0.1, 0.15) is 12.1 Å². The van der Waals surface area contributed by atoms with Gasteiger partial charge in [0.25, 0.3) is 0 Å². The molecule has 204 valence electrons. The van der Waals surface area contributed by atoms with Crippen LogP contribution in [0, 0.1) is 11.3 Å². The first-order valence-electron chi connectivity index (χ1n) is 12.5. The maximum atomic E-state index is 12.7. The van der Waals surface area contributed by atoms with E-state index in [1.807, 2.05) is 52.8 Å². The fourth-order valence-corrected chi connectivity index (χ4v) is 3.58. The van der Waals surface area contributed by atoms with E-state index in [1.54, 1.807) is 31.2 Å². The first-order chi connectivity index (χ1) is 17.3. The molecule has 1 aliphatic heterocycles. The van der Waals surface area contributed by atoms with Crippen LogP contribution < -0.4 is 10.6 Å². The van der Waals surface area contributed by atoms with Crippen molar-refractivity contribution in [3.8, 4) is 0 Å². The number of nitrogens with one attached hydrogen (secondary N) is 2. The Morgan fingerprint density at radius 3 is 2.51 bits per heavy atom. The van der Waals surface area contributed by atoms with E-state index in [-0.39, 0.29) is 23.9 Å². The molecule has 0 aromatic rings. The molecule has 0 radical (unpaired) electrons. The number of hydrogen-bond donors (Lipinski definition) is 3. The number of rotatable bonds is 12. The molecule has 1 aliphatic rings. The van der Waals surface area contributed by atoms with Gasteiger partial charge in [-0.2, -0.15) is 0 Å². The molecule has 7 nitrogen and oxygen atoms in total. The van der Waals surface area contributed by atoms with Crippen molar-refractivity contribution in [3.05, 3.63) is 71.5 Å². The molecule has 0 fully saturated rings. The molecule has 0 spiro atoms. The van der Waals surface area contributed by atoms with Crippen LogP contribution >= 0.6 is 11.6 Å². The summed E-state index contributed by atoms with van der Waals surface area (Å²) in [4.78, 5) is 36.6. The molecule has 0 unspecified atom stereocenters. The Kier molecular flexibility index (Phi) is 13.9. The predicted octanol–water partition coefficient (Wildman–Crippen LogP) is 5.00. The number of aliphatic hydroxyl groups is 1. The maximum Gasteiger partial charge on any atom is 0.330 e. The van der Waals surface area contributed by atoms with Crippen molar-refractivity contribution in [2.24, 2.45) is 11.3 Å². The zero-order chi connectivity index (χ0) is 28.0. The van der Waals surface area contributed by atoms with Crippen LogP contribution in [0.1, 0.15) is 60.8 Å². The molecule has 8 heteroatoms. The third-order valence-corrected chi connectivity index (χ3v) is 5.71. The summed E-state index contributed by atoms with van der Waals surface area (Å²) in [6, 6.07) is -0.764. The van der Waals surface area contributed by atoms with Crippen LogP contribution in [0.3, 0.4) is 0 Å². The number of aliphatic hydroxyl groups excluding tert-OH is 1. The summed E-state index contributed by atoms with van der Waals surface area (Å²) in [5.74, 6) is -1.00. The maximum absolute atomic E-state index is 12.7. The number of allylic oxidation sites excluding steroid dienone is 5. The minimum atomic E-state index is -0.764. The highest BCUT2D eigenvalue weighted by Gasteiger charge is 2.31. The average Bonchev–Trinajstić information content (AvgIpc) is 2.80. The van der Waals surface area contributed by atoms with E-state index in [4.69, 9.17) is 16.3 Å². The van der Waals surface area contributed by atoms with Crippen LogP contribution in [0.4, 0.5) is 0 Å². The van der Waals surface area contributed by atoms with Crippen LogP contribution in [-0.4, -0.2) is 41.1 Å². The summed E-state index contributed by atoms with van der Waals surface area (Å²) < 4.78 is 5.33. The van der Waals surface area contributed by atoms with E-state index >= 15 is 0 Å². The van der Waals surface area contributed by atoms with Gasteiger partial charge >= 0.3 is 5.97 Å². The first-order valence-corrected chi connectivity index (χ1v) is 12.8. The van der Waals surface area contributed by atoms with Crippen LogP contribution in [0.2, 0.25) is 0 Å². The van der Waals surface area contributed by atoms with Gasteiger partial charge in [-0.3, -0.25) is 9.59 Å². The predicted molar refractivity (Wildman–Crippen MR) is 148 cm³/mol. The Labute approximate surface area is 226 Å². The second-order valence-corrected chi connectivity index (χ2v) is 10.8. The Morgan fingerprint density at radius 2 is 1.89 bits per heavy atom. The van der Waals surface area contributed by atoms with Crippen LogP contribution in [-0.2, 0) is 19.1 Å². The summed E-state index contributed by atoms with van der Waals surface area (Å²) in [5.41, 5.74) is 0.452. The number of esters is 1. The van der Waals surface area contributed by atoms with E-state index in [2.05, 4.69) is 10.6 Å². The van der Waals surface area contributed by atoms with Crippen molar-refractivity contribution in [1.29, 1.82) is 0 Å². The fourth-order valence-electron chi connectivity index (χ4n) is 3.49. The SMILES string of the molecule is C/C(Cl)=C\C[C@H](O)C/C=C\NC(=O)[C@@H](NC(=O)\C=C/C=C\C(C)=C\[C@H](C)[C@@H]1CC=CC(=O)O1)C(C)(C)C. The number of carbonyl (C=O) groups excluding carboxylic acids is 3. The normalized spacial score (nSPS) is 19.8. The van der Waals surface area contributed by atoms with E-state index in [0.29, 0.717) is 24.3 Å². The number of hydrogen-bond acceptors (Lipinski definition) is 5. The lowest BCUT2D eigenvalue weighted by Gasteiger charge is -2.29. The standard InChI is InChI=1S/C29H41ClN2O5/c1-20(19-21(2)24-13-9-15-26(35)37-24)11-7-8-14-25(34)32-27(29(4,5)6)28(36)31-18-10-12-23(33)17-16-22(3)30/h7-11,14-16,18-19,21,23-24,27,33H,12-13,17H2,1-6H3,(H,31,36)(H,32,34)/b11-7-,14-8-,18-10-,20-19+,22-16+/t21-,23+,24-,27+/m0/s1.